The zero-order valence-corrected chi connectivity index (χ0v) is 7.90. The molecule has 0 aromatic carbocycles. The van der Waals surface area contributed by atoms with Crippen LogP contribution >= 0.6 is 0 Å². The second kappa shape index (κ2) is 4.21. The third kappa shape index (κ3) is 2.56. The van der Waals surface area contributed by atoms with E-state index in [1.807, 2.05) is 6.92 Å². The molecule has 66 valence electrons. The topological polar surface area (TPSA) is 43.1 Å². The summed E-state index contributed by atoms with van der Waals surface area (Å²) in [6, 6.07) is 0.309. The van der Waals surface area contributed by atoms with E-state index < -0.39 is 10.8 Å². The van der Waals surface area contributed by atoms with Crippen molar-refractivity contribution in [1.82, 2.24) is 0 Å². The van der Waals surface area contributed by atoms with Crippen LogP contribution in [0.25, 0.3) is 0 Å². The molecule has 1 fully saturated rings. The highest BCUT2D eigenvalue weighted by Crippen LogP contribution is 2.21. The lowest BCUT2D eigenvalue weighted by Gasteiger charge is -2.25. The summed E-state index contributed by atoms with van der Waals surface area (Å²) in [6.07, 6.45) is 4.38. The van der Waals surface area contributed by atoms with Crippen molar-refractivity contribution in [3.05, 3.63) is 0 Å². The molecule has 0 aromatic rings. The van der Waals surface area contributed by atoms with Crippen molar-refractivity contribution >= 4 is 10.8 Å². The first-order valence-electron chi connectivity index (χ1n) is 4.36. The molecule has 0 heterocycles. The molecule has 0 amide bonds. The molecule has 0 aromatic heterocycles. The van der Waals surface area contributed by atoms with Crippen molar-refractivity contribution < 1.29 is 4.21 Å². The second-order valence-corrected chi connectivity index (χ2v) is 5.22. The summed E-state index contributed by atoms with van der Waals surface area (Å²) in [5.74, 6) is 0.789. The van der Waals surface area contributed by atoms with Gasteiger partial charge in [-0.15, -0.1) is 0 Å². The molecule has 3 atom stereocenters. The van der Waals surface area contributed by atoms with Gasteiger partial charge in [-0.1, -0.05) is 13.3 Å². The van der Waals surface area contributed by atoms with Gasteiger partial charge < -0.3 is 5.73 Å². The lowest BCUT2D eigenvalue weighted by molar-refractivity contribution is 0.444. The minimum absolute atomic E-state index is 0.309. The van der Waals surface area contributed by atoms with E-state index in [9.17, 15) is 4.21 Å². The number of rotatable bonds is 2. The van der Waals surface area contributed by atoms with E-state index in [1.54, 1.807) is 0 Å². The Morgan fingerprint density at radius 1 is 1.55 bits per heavy atom. The van der Waals surface area contributed by atoms with Crippen LogP contribution in [0.3, 0.4) is 0 Å². The highest BCUT2D eigenvalue weighted by Gasteiger charge is 2.22. The molecule has 0 saturated heterocycles. The molecule has 1 rings (SSSR count). The molecule has 1 saturated carbocycles. The molecule has 0 aliphatic heterocycles. The smallest absolute Gasteiger partial charge is 0.0362 e. The molecule has 11 heavy (non-hydrogen) atoms. The standard InChI is InChI=1S/C8H17NOS/c1-2-11(10)8-5-3-4-7(9)6-8/h7-8H,2-6,9H2,1H3. The Labute approximate surface area is 71.0 Å². The van der Waals surface area contributed by atoms with Crippen molar-refractivity contribution in [1.29, 1.82) is 0 Å². The number of hydrogen-bond acceptors (Lipinski definition) is 2. The molecule has 1 aliphatic rings. The van der Waals surface area contributed by atoms with Gasteiger partial charge in [0.15, 0.2) is 0 Å². The molecule has 3 unspecified atom stereocenters. The van der Waals surface area contributed by atoms with Crippen molar-refractivity contribution in [3.63, 3.8) is 0 Å². The molecule has 2 nitrogen and oxygen atoms in total. The van der Waals surface area contributed by atoms with Gasteiger partial charge in [-0.2, -0.15) is 0 Å². The maximum Gasteiger partial charge on any atom is 0.0362 e. The van der Waals surface area contributed by atoms with E-state index in [-0.39, 0.29) is 0 Å². The lowest BCUT2D eigenvalue weighted by atomic mass is 9.96. The summed E-state index contributed by atoms with van der Waals surface area (Å²) in [5, 5.41) is 0.392. The quantitative estimate of drug-likeness (QED) is 0.681. The van der Waals surface area contributed by atoms with E-state index in [0.717, 1.165) is 31.4 Å². The fourth-order valence-electron chi connectivity index (χ4n) is 1.66. The van der Waals surface area contributed by atoms with Crippen molar-refractivity contribution in [2.75, 3.05) is 5.75 Å². The van der Waals surface area contributed by atoms with E-state index in [0.29, 0.717) is 11.3 Å². The minimum Gasteiger partial charge on any atom is -0.328 e. The first-order valence-corrected chi connectivity index (χ1v) is 5.75. The normalized spacial score (nSPS) is 35.1. The number of hydrogen-bond donors (Lipinski definition) is 1. The molecule has 2 N–H and O–H groups in total. The van der Waals surface area contributed by atoms with Gasteiger partial charge in [-0.25, -0.2) is 0 Å². The van der Waals surface area contributed by atoms with Gasteiger partial charge in [0, 0.05) is 27.8 Å². The van der Waals surface area contributed by atoms with Crippen LogP contribution in [-0.2, 0) is 10.8 Å². The zero-order valence-electron chi connectivity index (χ0n) is 7.08. The third-order valence-corrected chi connectivity index (χ3v) is 4.06. The van der Waals surface area contributed by atoms with E-state index >= 15 is 0 Å². The summed E-state index contributed by atoms with van der Waals surface area (Å²) in [7, 11) is -0.614. The van der Waals surface area contributed by atoms with Crippen LogP contribution in [0.5, 0.6) is 0 Å². The van der Waals surface area contributed by atoms with Crippen LogP contribution in [-0.4, -0.2) is 21.3 Å². The molecule has 3 heteroatoms. The summed E-state index contributed by atoms with van der Waals surface area (Å²) in [6.45, 7) is 1.98. The Morgan fingerprint density at radius 3 is 2.82 bits per heavy atom. The maximum atomic E-state index is 11.4. The van der Waals surface area contributed by atoms with Crippen molar-refractivity contribution in [3.8, 4) is 0 Å². The lowest BCUT2D eigenvalue weighted by Crippen LogP contribution is -2.33. The number of nitrogens with two attached hydrogens (primary N) is 1. The average Bonchev–Trinajstić information content (AvgIpc) is 2.03. The fraction of sp³-hybridized carbons (Fsp3) is 1.00. The summed E-state index contributed by atoms with van der Waals surface area (Å²) in [5.41, 5.74) is 5.78. The van der Waals surface area contributed by atoms with Gasteiger partial charge in [-0.3, -0.25) is 4.21 Å². The van der Waals surface area contributed by atoms with Gasteiger partial charge in [0.25, 0.3) is 0 Å². The Balaban J connectivity index is 2.39. The van der Waals surface area contributed by atoms with Crippen LogP contribution in [0, 0.1) is 0 Å². The van der Waals surface area contributed by atoms with Gasteiger partial charge >= 0.3 is 0 Å². The van der Waals surface area contributed by atoms with Gasteiger partial charge in [0.1, 0.15) is 0 Å². The summed E-state index contributed by atoms with van der Waals surface area (Å²) < 4.78 is 11.4. The molecule has 0 spiro atoms. The van der Waals surface area contributed by atoms with Crippen LogP contribution in [0.15, 0.2) is 0 Å². The van der Waals surface area contributed by atoms with Gasteiger partial charge in [-0.05, 0) is 19.3 Å². The second-order valence-electron chi connectivity index (χ2n) is 3.22. The Morgan fingerprint density at radius 2 is 2.27 bits per heavy atom. The van der Waals surface area contributed by atoms with E-state index in [2.05, 4.69) is 0 Å². The van der Waals surface area contributed by atoms with E-state index in [1.165, 1.54) is 0 Å². The van der Waals surface area contributed by atoms with Crippen LogP contribution < -0.4 is 5.73 Å². The Kier molecular flexibility index (Phi) is 3.52. The predicted octanol–water partition coefficient (Wildman–Crippen LogP) is 1.02. The molecular formula is C8H17NOS. The van der Waals surface area contributed by atoms with Crippen molar-refractivity contribution in [2.45, 2.75) is 43.9 Å². The van der Waals surface area contributed by atoms with E-state index in [4.69, 9.17) is 5.73 Å². The molecule has 0 radical (unpaired) electrons. The summed E-state index contributed by atoms with van der Waals surface area (Å²) in [4.78, 5) is 0. The Hall–Kier alpha value is 0.110. The van der Waals surface area contributed by atoms with Gasteiger partial charge in [0.05, 0.1) is 0 Å². The molecule has 1 aliphatic carbocycles. The SMILES string of the molecule is CCS(=O)C1CCCC(N)C1. The van der Waals surface area contributed by atoms with Crippen LogP contribution in [0.1, 0.15) is 32.6 Å². The zero-order chi connectivity index (χ0) is 8.27. The molecular weight excluding hydrogens is 158 g/mol. The minimum atomic E-state index is -0.614. The Bertz CT molecular complexity index is 149. The highest BCUT2D eigenvalue weighted by molar-refractivity contribution is 7.85. The highest BCUT2D eigenvalue weighted by atomic mass is 32.2. The molecule has 0 bridgehead atoms. The first-order chi connectivity index (χ1) is 5.24. The van der Waals surface area contributed by atoms with Crippen LogP contribution in [0.4, 0.5) is 0 Å². The third-order valence-electron chi connectivity index (χ3n) is 2.32. The average molecular weight is 175 g/mol. The van der Waals surface area contributed by atoms with Gasteiger partial charge in [0.2, 0.25) is 0 Å². The largest absolute Gasteiger partial charge is 0.328 e. The fourth-order valence-corrected chi connectivity index (χ4v) is 3.02. The van der Waals surface area contributed by atoms with Crippen LogP contribution in [0.2, 0.25) is 0 Å². The van der Waals surface area contributed by atoms with Crippen molar-refractivity contribution in [2.24, 2.45) is 5.73 Å². The monoisotopic (exact) mass is 175 g/mol. The summed E-state index contributed by atoms with van der Waals surface area (Å²) >= 11 is 0. The maximum absolute atomic E-state index is 11.4. The predicted molar refractivity (Wildman–Crippen MR) is 48.9 cm³/mol. The first kappa shape index (κ1) is 9.20.